The molecule has 0 N–H and O–H groups in total. The molecule has 6 nitrogen and oxygen atoms in total. The highest BCUT2D eigenvalue weighted by Gasteiger charge is 2.35. The first-order chi connectivity index (χ1) is 11.7. The zero-order chi connectivity index (χ0) is 18.4. The summed E-state index contributed by atoms with van der Waals surface area (Å²) in [5.41, 5.74) is 0.178. The predicted molar refractivity (Wildman–Crippen MR) is 97.9 cm³/mol. The number of hydrogen-bond donors (Lipinski definition) is 0. The summed E-state index contributed by atoms with van der Waals surface area (Å²) in [5, 5.41) is 0.935. The van der Waals surface area contributed by atoms with Crippen LogP contribution in [-0.2, 0) is 11.8 Å². The van der Waals surface area contributed by atoms with Crippen LogP contribution in [0.25, 0.3) is 10.9 Å². The molecule has 2 aromatic heterocycles. The Morgan fingerprint density at radius 2 is 1.92 bits per heavy atom. The largest absolute Gasteiger partial charge is 0.444 e. The van der Waals surface area contributed by atoms with Crippen LogP contribution in [0.5, 0.6) is 0 Å². The van der Waals surface area contributed by atoms with Gasteiger partial charge in [0.25, 0.3) is 5.56 Å². The van der Waals surface area contributed by atoms with Gasteiger partial charge in [-0.25, -0.2) is 4.79 Å². The molecular weight excluding hydrogens is 318 g/mol. The topological polar surface area (TPSA) is 56.5 Å². The van der Waals surface area contributed by atoms with Crippen molar-refractivity contribution in [1.82, 2.24) is 14.0 Å². The summed E-state index contributed by atoms with van der Waals surface area (Å²) in [4.78, 5) is 26.9. The zero-order valence-corrected chi connectivity index (χ0v) is 15.7. The highest BCUT2D eigenvalue weighted by atomic mass is 16.6. The van der Waals surface area contributed by atoms with Crippen molar-refractivity contribution < 1.29 is 9.53 Å². The molecule has 2 unspecified atom stereocenters. The molecule has 1 aliphatic rings. The molecule has 2 atom stereocenters. The van der Waals surface area contributed by atoms with Gasteiger partial charge in [0, 0.05) is 31.4 Å². The summed E-state index contributed by atoms with van der Waals surface area (Å²) in [7, 11) is 1.76. The van der Waals surface area contributed by atoms with Crippen LogP contribution < -0.4 is 5.56 Å². The van der Waals surface area contributed by atoms with Crippen molar-refractivity contribution in [2.24, 2.45) is 7.05 Å². The first-order valence-corrected chi connectivity index (χ1v) is 8.85. The average molecular weight is 345 g/mol. The van der Waals surface area contributed by atoms with Gasteiger partial charge >= 0.3 is 6.09 Å². The van der Waals surface area contributed by atoms with Crippen molar-refractivity contribution in [3.63, 3.8) is 0 Å². The van der Waals surface area contributed by atoms with E-state index in [4.69, 9.17) is 4.74 Å². The van der Waals surface area contributed by atoms with Crippen LogP contribution in [0.3, 0.4) is 0 Å². The minimum atomic E-state index is -0.514. The van der Waals surface area contributed by atoms with Crippen LogP contribution in [0.4, 0.5) is 4.79 Å². The number of fused-ring (bicyclic) bond motifs is 1. The molecule has 0 saturated carbocycles. The fourth-order valence-electron chi connectivity index (χ4n) is 3.61. The summed E-state index contributed by atoms with van der Waals surface area (Å²) in [6.07, 6.45) is 5.29. The lowest BCUT2D eigenvalue weighted by molar-refractivity contribution is 0.00465. The molecule has 6 heteroatoms. The number of likely N-dealkylation sites (tertiary alicyclic amines) is 1. The average Bonchev–Trinajstić information content (AvgIpc) is 2.94. The number of piperidine rings is 1. The van der Waals surface area contributed by atoms with E-state index < -0.39 is 5.60 Å². The van der Waals surface area contributed by atoms with Gasteiger partial charge in [0.05, 0.1) is 12.1 Å². The van der Waals surface area contributed by atoms with Crippen molar-refractivity contribution in [2.45, 2.75) is 58.2 Å². The molecule has 0 aliphatic carbocycles. The Balaban J connectivity index is 1.94. The van der Waals surface area contributed by atoms with E-state index in [1.54, 1.807) is 22.7 Å². The Morgan fingerprint density at radius 3 is 2.60 bits per heavy atom. The Bertz CT molecular complexity index is 844. The highest BCUT2D eigenvalue weighted by Crippen LogP contribution is 2.31. The predicted octanol–water partition coefficient (Wildman–Crippen LogP) is 3.30. The van der Waals surface area contributed by atoms with Gasteiger partial charge in [-0.1, -0.05) is 0 Å². The highest BCUT2D eigenvalue weighted by molar-refractivity contribution is 5.79. The smallest absolute Gasteiger partial charge is 0.410 e. The van der Waals surface area contributed by atoms with Gasteiger partial charge in [-0.3, -0.25) is 4.79 Å². The van der Waals surface area contributed by atoms with E-state index in [9.17, 15) is 9.59 Å². The van der Waals surface area contributed by atoms with Crippen LogP contribution in [0.1, 0.15) is 46.6 Å². The summed E-state index contributed by atoms with van der Waals surface area (Å²) in [6.45, 7) is 8.34. The van der Waals surface area contributed by atoms with Gasteiger partial charge < -0.3 is 18.8 Å². The molecule has 0 radical (unpaired) electrons. The quantitative estimate of drug-likeness (QED) is 0.797. The summed E-state index contributed by atoms with van der Waals surface area (Å²) in [6, 6.07) is 3.94. The van der Waals surface area contributed by atoms with Crippen LogP contribution in [-0.4, -0.2) is 38.3 Å². The second-order valence-electron chi connectivity index (χ2n) is 7.88. The van der Waals surface area contributed by atoms with Crippen molar-refractivity contribution >= 4 is 17.0 Å². The molecule has 136 valence electrons. The molecule has 3 rings (SSSR count). The second kappa shape index (κ2) is 6.24. The third-order valence-corrected chi connectivity index (χ3v) is 4.88. The number of hydrogen-bond acceptors (Lipinski definition) is 3. The molecule has 0 spiro atoms. The van der Waals surface area contributed by atoms with Crippen LogP contribution in [0, 0.1) is 0 Å². The molecule has 1 saturated heterocycles. The normalized spacial score (nSPS) is 21.6. The number of carbonyl (C=O) groups is 1. The Labute approximate surface area is 148 Å². The summed E-state index contributed by atoms with van der Waals surface area (Å²) < 4.78 is 9.19. The van der Waals surface area contributed by atoms with Crippen molar-refractivity contribution in [3.05, 3.63) is 34.9 Å². The van der Waals surface area contributed by atoms with E-state index in [0.29, 0.717) is 12.1 Å². The maximum atomic E-state index is 12.6. The fourth-order valence-corrected chi connectivity index (χ4v) is 3.61. The molecule has 1 amide bonds. The Morgan fingerprint density at radius 1 is 1.24 bits per heavy atom. The molecule has 1 fully saturated rings. The SMILES string of the molecule is CC1C(n2ccc3ccn(C)c(=O)c32)CCCN1C(=O)OC(C)(C)C. The van der Waals surface area contributed by atoms with Crippen LogP contribution in [0.2, 0.25) is 0 Å². The minimum Gasteiger partial charge on any atom is -0.444 e. The number of ether oxygens (including phenoxy) is 1. The van der Waals surface area contributed by atoms with Crippen molar-refractivity contribution in [2.75, 3.05) is 6.54 Å². The molecule has 2 aromatic rings. The van der Waals surface area contributed by atoms with E-state index in [0.717, 1.165) is 18.2 Å². The Hall–Kier alpha value is -2.24. The van der Waals surface area contributed by atoms with Crippen LogP contribution in [0.15, 0.2) is 29.3 Å². The minimum absolute atomic E-state index is 0.0101. The number of rotatable bonds is 1. The monoisotopic (exact) mass is 345 g/mol. The lowest BCUT2D eigenvalue weighted by atomic mass is 9.97. The van der Waals surface area contributed by atoms with Gasteiger partial charge in [-0.15, -0.1) is 0 Å². The van der Waals surface area contributed by atoms with Gasteiger partial charge in [-0.05, 0) is 52.7 Å². The molecule has 0 aromatic carbocycles. The lowest BCUT2D eigenvalue weighted by Gasteiger charge is -2.40. The third-order valence-electron chi connectivity index (χ3n) is 4.88. The number of carbonyl (C=O) groups excluding carboxylic acids is 1. The van der Waals surface area contributed by atoms with Crippen LogP contribution >= 0.6 is 0 Å². The second-order valence-corrected chi connectivity index (χ2v) is 7.88. The van der Waals surface area contributed by atoms with Gasteiger partial charge in [0.1, 0.15) is 11.1 Å². The summed E-state index contributed by atoms with van der Waals surface area (Å²) >= 11 is 0. The van der Waals surface area contributed by atoms with E-state index >= 15 is 0 Å². The first kappa shape index (κ1) is 17.6. The summed E-state index contributed by atoms with van der Waals surface area (Å²) in [5.74, 6) is 0. The molecule has 3 heterocycles. The number of amides is 1. The van der Waals surface area contributed by atoms with Crippen molar-refractivity contribution in [1.29, 1.82) is 0 Å². The number of aryl methyl sites for hydroxylation is 1. The van der Waals surface area contributed by atoms with Crippen molar-refractivity contribution in [3.8, 4) is 0 Å². The Kier molecular flexibility index (Phi) is 4.39. The van der Waals surface area contributed by atoms with E-state index in [2.05, 4.69) is 0 Å². The van der Waals surface area contributed by atoms with Gasteiger partial charge in [-0.2, -0.15) is 0 Å². The molecule has 25 heavy (non-hydrogen) atoms. The van der Waals surface area contributed by atoms with E-state index in [1.165, 1.54) is 0 Å². The van der Waals surface area contributed by atoms with E-state index in [-0.39, 0.29) is 23.7 Å². The maximum absolute atomic E-state index is 12.6. The third kappa shape index (κ3) is 3.30. The fraction of sp³-hybridized carbons (Fsp3) is 0.579. The van der Waals surface area contributed by atoms with E-state index in [1.807, 2.05) is 50.6 Å². The number of nitrogens with zero attached hydrogens (tertiary/aromatic N) is 3. The molecule has 0 bridgehead atoms. The first-order valence-electron chi connectivity index (χ1n) is 8.85. The number of pyridine rings is 1. The number of aromatic nitrogens is 2. The van der Waals surface area contributed by atoms with Gasteiger partial charge in [0.15, 0.2) is 0 Å². The van der Waals surface area contributed by atoms with Gasteiger partial charge in [0.2, 0.25) is 0 Å². The standard InChI is InChI=1S/C19H27N3O3/c1-13-15(7-6-10-21(13)18(24)25-19(2,3)4)22-12-9-14-8-11-20(5)17(23)16(14)22/h8-9,11-13,15H,6-7,10H2,1-5H3. The zero-order valence-electron chi connectivity index (χ0n) is 15.7. The molecular formula is C19H27N3O3. The lowest BCUT2D eigenvalue weighted by Crippen LogP contribution is -2.49. The molecule has 1 aliphatic heterocycles. The maximum Gasteiger partial charge on any atom is 0.410 e.